The summed E-state index contributed by atoms with van der Waals surface area (Å²) in [6.45, 7) is 2.46. The Morgan fingerprint density at radius 3 is 2.71 bits per heavy atom. The van der Waals surface area contributed by atoms with E-state index in [1.165, 1.54) is 13.2 Å². The zero-order valence-electron chi connectivity index (χ0n) is 17.1. The number of nitrogens with zero attached hydrogens (tertiary/aromatic N) is 2. The van der Waals surface area contributed by atoms with E-state index >= 15 is 0 Å². The molecule has 0 aliphatic carbocycles. The number of carbonyl (C=O) groups is 2. The summed E-state index contributed by atoms with van der Waals surface area (Å²) in [6.07, 6.45) is 0.455. The Labute approximate surface area is 176 Å². The monoisotopic (exact) mass is 432 g/mol. The number of ether oxygens (including phenoxy) is 1. The lowest BCUT2D eigenvalue weighted by atomic mass is 10.0. The summed E-state index contributed by atoms with van der Waals surface area (Å²) in [5.74, 6) is -2.89. The fourth-order valence-corrected chi connectivity index (χ4v) is 4.40. The number of hydrogen-bond acceptors (Lipinski definition) is 5. The Morgan fingerprint density at radius 2 is 2.06 bits per heavy atom. The molecule has 0 radical (unpaired) electrons. The lowest BCUT2D eigenvalue weighted by molar-refractivity contribution is 0.0674. The topological polar surface area (TPSA) is 107 Å². The normalized spacial score (nSPS) is 19.4. The molecule has 3 N–H and O–H groups in total. The number of nitrogens with two attached hydrogens (primary N) is 1. The van der Waals surface area contributed by atoms with Gasteiger partial charge in [-0.2, -0.15) is 0 Å². The molecule has 2 aliphatic rings. The van der Waals surface area contributed by atoms with Gasteiger partial charge >= 0.3 is 0 Å². The minimum atomic E-state index is -0.813. The van der Waals surface area contributed by atoms with E-state index in [2.05, 4.69) is 5.32 Å². The highest BCUT2D eigenvalue weighted by molar-refractivity contribution is 6.00. The zero-order chi connectivity index (χ0) is 22.4. The minimum absolute atomic E-state index is 0.0622. The number of amides is 2. The summed E-state index contributed by atoms with van der Waals surface area (Å²) < 4.78 is 33.9. The summed E-state index contributed by atoms with van der Waals surface area (Å²) >= 11 is 0. The maximum absolute atomic E-state index is 13.9. The summed E-state index contributed by atoms with van der Waals surface area (Å²) in [7, 11) is 1.26. The van der Waals surface area contributed by atoms with Crippen LogP contribution >= 0.6 is 0 Å². The smallest absolute Gasteiger partial charge is 0.274 e. The molecule has 0 bridgehead atoms. The molecule has 2 amide bonds. The van der Waals surface area contributed by atoms with Gasteiger partial charge in [0.15, 0.2) is 11.4 Å². The van der Waals surface area contributed by atoms with E-state index in [1.54, 1.807) is 9.47 Å². The zero-order valence-corrected chi connectivity index (χ0v) is 17.1. The first-order valence-corrected chi connectivity index (χ1v) is 9.91. The number of aromatic nitrogens is 1. The summed E-state index contributed by atoms with van der Waals surface area (Å²) in [6, 6.07) is 2.18. The fraction of sp³-hybridized carbons (Fsp3) is 0.381. The van der Waals surface area contributed by atoms with E-state index in [1.807, 2.05) is 6.92 Å². The third-order valence-corrected chi connectivity index (χ3v) is 5.84. The molecule has 164 valence electrons. The molecule has 4 rings (SSSR count). The Hall–Kier alpha value is -3.27. The highest BCUT2D eigenvalue weighted by Crippen LogP contribution is 2.41. The van der Waals surface area contributed by atoms with Crippen molar-refractivity contribution in [3.8, 4) is 5.75 Å². The van der Waals surface area contributed by atoms with E-state index in [4.69, 9.17) is 10.5 Å². The quantitative estimate of drug-likeness (QED) is 0.745. The van der Waals surface area contributed by atoms with Gasteiger partial charge in [0.1, 0.15) is 17.2 Å². The van der Waals surface area contributed by atoms with Crippen molar-refractivity contribution in [2.24, 2.45) is 5.73 Å². The highest BCUT2D eigenvalue weighted by atomic mass is 19.1. The third kappa shape index (κ3) is 3.27. The van der Waals surface area contributed by atoms with Crippen LogP contribution in [-0.2, 0) is 6.54 Å². The molecular formula is C21H22F2N4O4. The molecule has 10 heteroatoms. The van der Waals surface area contributed by atoms with Crippen molar-refractivity contribution >= 4 is 11.8 Å². The number of rotatable bonds is 5. The van der Waals surface area contributed by atoms with Gasteiger partial charge in [0, 0.05) is 37.3 Å². The minimum Gasteiger partial charge on any atom is -0.491 e. The summed E-state index contributed by atoms with van der Waals surface area (Å²) in [4.78, 5) is 40.7. The van der Waals surface area contributed by atoms with Gasteiger partial charge < -0.3 is 25.3 Å². The van der Waals surface area contributed by atoms with Gasteiger partial charge in [-0.25, -0.2) is 8.78 Å². The van der Waals surface area contributed by atoms with Crippen LogP contribution in [0.15, 0.2) is 23.0 Å². The van der Waals surface area contributed by atoms with Crippen molar-refractivity contribution in [1.29, 1.82) is 0 Å². The molecule has 0 saturated heterocycles. The predicted molar refractivity (Wildman–Crippen MR) is 107 cm³/mol. The molecule has 1 aromatic heterocycles. The largest absolute Gasteiger partial charge is 0.491 e. The number of benzene rings is 1. The van der Waals surface area contributed by atoms with Crippen LogP contribution in [0.4, 0.5) is 8.78 Å². The van der Waals surface area contributed by atoms with Crippen LogP contribution in [0.5, 0.6) is 5.75 Å². The molecule has 8 nitrogen and oxygen atoms in total. The van der Waals surface area contributed by atoms with Crippen molar-refractivity contribution in [2.75, 3.05) is 20.2 Å². The first-order valence-electron chi connectivity index (χ1n) is 9.91. The molecule has 2 aliphatic heterocycles. The Kier molecular flexibility index (Phi) is 5.26. The van der Waals surface area contributed by atoms with Crippen molar-refractivity contribution in [1.82, 2.24) is 14.8 Å². The number of likely N-dealkylation sites (N-methyl/N-ethyl adjacent to an activating group) is 1. The molecule has 3 heterocycles. The van der Waals surface area contributed by atoms with Crippen molar-refractivity contribution in [2.45, 2.75) is 32.0 Å². The second kappa shape index (κ2) is 7.77. The van der Waals surface area contributed by atoms with Crippen LogP contribution < -0.4 is 21.2 Å². The Bertz CT molecular complexity index is 1150. The van der Waals surface area contributed by atoms with Crippen LogP contribution in [0.3, 0.4) is 0 Å². The predicted octanol–water partition coefficient (Wildman–Crippen LogP) is 1.49. The van der Waals surface area contributed by atoms with Gasteiger partial charge in [-0.3, -0.25) is 14.4 Å². The maximum atomic E-state index is 13.9. The second-order valence-electron chi connectivity index (χ2n) is 7.60. The number of hydrogen-bond donors (Lipinski definition) is 2. The first kappa shape index (κ1) is 21.0. The second-order valence-corrected chi connectivity index (χ2v) is 7.60. The average Bonchev–Trinajstić information content (AvgIpc) is 3.05. The van der Waals surface area contributed by atoms with E-state index < -0.39 is 29.0 Å². The van der Waals surface area contributed by atoms with Crippen LogP contribution in [0.2, 0.25) is 0 Å². The average molecular weight is 432 g/mol. The van der Waals surface area contributed by atoms with Crippen LogP contribution in [0.25, 0.3) is 0 Å². The molecule has 31 heavy (non-hydrogen) atoms. The Balaban J connectivity index is 1.78. The number of halogens is 2. The molecule has 0 spiro atoms. The highest BCUT2D eigenvalue weighted by Gasteiger charge is 2.44. The van der Waals surface area contributed by atoms with Crippen molar-refractivity contribution < 1.29 is 23.1 Å². The maximum Gasteiger partial charge on any atom is 0.274 e. The fourth-order valence-electron chi connectivity index (χ4n) is 4.40. The summed E-state index contributed by atoms with van der Waals surface area (Å²) in [5.41, 5.74) is 5.73. The van der Waals surface area contributed by atoms with Gasteiger partial charge in [0.05, 0.1) is 18.8 Å². The molecule has 2 aromatic rings. The van der Waals surface area contributed by atoms with Gasteiger partial charge in [-0.1, -0.05) is 6.07 Å². The van der Waals surface area contributed by atoms with Gasteiger partial charge in [0.25, 0.3) is 11.8 Å². The van der Waals surface area contributed by atoms with E-state index in [-0.39, 0.29) is 46.8 Å². The molecule has 1 unspecified atom stereocenters. The molecule has 0 saturated carbocycles. The number of methoxy groups -OCH3 is 1. The van der Waals surface area contributed by atoms with Gasteiger partial charge in [-0.15, -0.1) is 0 Å². The van der Waals surface area contributed by atoms with Crippen LogP contribution in [0, 0.1) is 11.6 Å². The number of carbonyl (C=O) groups excluding carboxylic acids is 2. The lowest BCUT2D eigenvalue weighted by Gasteiger charge is -2.34. The molecular weight excluding hydrogens is 410 g/mol. The lowest BCUT2D eigenvalue weighted by Crippen LogP contribution is -2.45. The number of nitrogens with one attached hydrogen (secondary N) is 1. The summed E-state index contributed by atoms with van der Waals surface area (Å²) in [5, 5.41) is 2.50. The first-order chi connectivity index (χ1) is 14.8. The van der Waals surface area contributed by atoms with Gasteiger partial charge in [-0.05, 0) is 19.4 Å². The van der Waals surface area contributed by atoms with E-state index in [9.17, 15) is 23.2 Å². The van der Waals surface area contributed by atoms with Crippen LogP contribution in [0.1, 0.15) is 57.5 Å². The standard InChI is InChI=1S/C21H22F2N4O4/c1-3-26-9-12-7-14(24)16-15(18(28)19(31-2)17(21(26)30)27(12)16)20(29)25-8-10-4-5-11(22)6-13(10)23/h4-6,12,14H,3,7-9,24H2,1-2H3,(H,25,29)/t12-,14?/m0/s1. The SMILES string of the molecule is CCN1C[C@@H]2CC(N)c3c(C(=O)NCc4ccc(F)cc4F)c(=O)c(OC)c(n32)C1=O. The van der Waals surface area contributed by atoms with E-state index in [0.29, 0.717) is 25.6 Å². The number of pyridine rings is 1. The van der Waals surface area contributed by atoms with Crippen molar-refractivity contribution in [3.63, 3.8) is 0 Å². The molecule has 2 atom stereocenters. The van der Waals surface area contributed by atoms with E-state index in [0.717, 1.165) is 6.07 Å². The molecule has 1 aromatic carbocycles. The molecule has 0 fully saturated rings. The Morgan fingerprint density at radius 1 is 1.32 bits per heavy atom. The van der Waals surface area contributed by atoms with Crippen LogP contribution in [-0.4, -0.2) is 41.5 Å². The third-order valence-electron chi connectivity index (χ3n) is 5.84. The van der Waals surface area contributed by atoms with Crippen molar-refractivity contribution in [3.05, 3.63) is 62.6 Å². The van der Waals surface area contributed by atoms with Gasteiger partial charge in [0.2, 0.25) is 5.43 Å².